The molecule has 0 aromatic heterocycles. The predicted octanol–water partition coefficient (Wildman–Crippen LogP) is -15.5. The Morgan fingerprint density at radius 3 is 1.49 bits per heavy atom. The van der Waals surface area contributed by atoms with Gasteiger partial charge in [-0.1, -0.05) is 0 Å². The molecule has 0 saturated carbocycles. The second-order valence-electron chi connectivity index (χ2n) is 24.0. The number of ether oxygens (including phenoxy) is 13. The number of carboxylic acids is 1. The van der Waals surface area contributed by atoms with Gasteiger partial charge in [-0.25, -0.2) is 4.79 Å². The van der Waals surface area contributed by atoms with E-state index in [2.05, 4.69) is 21.3 Å². The first kappa shape index (κ1) is 78.4. The third-order valence-electron chi connectivity index (χ3n) is 17.1. The average molecular weight is 1390 g/mol. The summed E-state index contributed by atoms with van der Waals surface area (Å²) < 4.78 is 75.7. The molecule has 7 saturated heterocycles. The Hall–Kier alpha value is -3.93. The van der Waals surface area contributed by atoms with Crippen LogP contribution in [0, 0.1) is 0 Å². The van der Waals surface area contributed by atoms with Crippen LogP contribution < -0.4 is 21.3 Å². The quantitative estimate of drug-likeness (QED) is 0.0404. The number of rotatable bonds is 25. The smallest absolute Gasteiger partial charge is 0.364 e. The van der Waals surface area contributed by atoms with Gasteiger partial charge < -0.3 is 185 Å². The second-order valence-corrected chi connectivity index (χ2v) is 24.0. The molecule has 42 nitrogen and oxygen atoms in total. The number of aliphatic hydroxyl groups excluding tert-OH is 19. The van der Waals surface area contributed by atoms with E-state index in [1.165, 1.54) is 6.92 Å². The van der Waals surface area contributed by atoms with E-state index in [-0.39, 0.29) is 0 Å². The van der Waals surface area contributed by atoms with Gasteiger partial charge in [-0.2, -0.15) is 0 Å². The average Bonchev–Trinajstić information content (AvgIpc) is 0.780. The molecular weight excluding hydrogens is 1300 g/mol. The van der Waals surface area contributed by atoms with Crippen molar-refractivity contribution in [1.82, 2.24) is 21.3 Å². The van der Waals surface area contributed by atoms with Gasteiger partial charge in [0, 0.05) is 34.1 Å². The third kappa shape index (κ3) is 17.6. The van der Waals surface area contributed by atoms with Gasteiger partial charge in [0.25, 0.3) is 5.79 Å². The van der Waals surface area contributed by atoms with Crippen LogP contribution in [0.4, 0.5) is 0 Å². The van der Waals surface area contributed by atoms with Crippen LogP contribution in [0.25, 0.3) is 0 Å². The molecule has 24 N–H and O–H groups in total. The molecule has 1 unspecified atom stereocenters. The van der Waals surface area contributed by atoms with E-state index < -0.39 is 296 Å². The lowest BCUT2D eigenvalue weighted by Crippen LogP contribution is -2.70. The molecule has 0 aromatic rings. The number of amides is 4. The van der Waals surface area contributed by atoms with E-state index in [0.717, 1.165) is 27.7 Å². The van der Waals surface area contributed by atoms with Crippen LogP contribution in [0.5, 0.6) is 0 Å². The molecule has 0 radical (unpaired) electrons. The summed E-state index contributed by atoms with van der Waals surface area (Å²) in [4.78, 5) is 63.4. The van der Waals surface area contributed by atoms with E-state index in [1.807, 2.05) is 0 Å². The van der Waals surface area contributed by atoms with Crippen molar-refractivity contribution in [3.8, 4) is 0 Å². The zero-order chi connectivity index (χ0) is 70.6. The van der Waals surface area contributed by atoms with Crippen LogP contribution >= 0.6 is 0 Å². The zero-order valence-corrected chi connectivity index (χ0v) is 51.4. The van der Waals surface area contributed by atoms with Gasteiger partial charge in [-0.15, -0.1) is 0 Å². The molecule has 0 aliphatic carbocycles. The van der Waals surface area contributed by atoms with Gasteiger partial charge in [0.1, 0.15) is 159 Å². The lowest BCUT2D eigenvalue weighted by molar-refractivity contribution is -0.384. The summed E-state index contributed by atoms with van der Waals surface area (Å²) in [7, 11) is 0. The molecule has 36 atom stereocenters. The molecular formula is C53H88N4O38. The summed E-state index contributed by atoms with van der Waals surface area (Å²) in [6.07, 6.45) is -63.1. The van der Waals surface area contributed by atoms with E-state index in [9.17, 15) is 126 Å². The van der Waals surface area contributed by atoms with Gasteiger partial charge in [0.2, 0.25) is 23.6 Å². The van der Waals surface area contributed by atoms with Crippen molar-refractivity contribution < 1.29 is 188 Å². The van der Waals surface area contributed by atoms with E-state index in [0.29, 0.717) is 0 Å². The standard InChI is InChI=1S/C53H88N4O38/c1-13-29(68)37(76)39(78)49(85-13)94-45-38(77)32(71)21(9-60)88-51(45)91-41-22(10-61)89-47(27(36(41)75)56-16(4)64)83-11-23-33(72)42(28(46(80)86-23)57-17(5)65)92-50-40(79)44(93-48-26(55-15(3)63)35(74)31(70)20(8-59)87-48)34(73)24(90-50)12-84-53(52(81)82)6-18(66)25(54-14(2)62)43(95-53)30(69)19(67)7-58/h13,18-51,58-61,66-80H,6-12H2,1-5H3,(H,54,62)(H,55,63)(H,56,64)(H,57,65)(H,81,82)/t13-,18-,19+,20+,21+,22+,23+,24+,25+,26+,27+,28+,29+,30+,31+,32-,33-,34-,35+,36+,37+,38-,39-,40+,41+,42+,43+,44-,45+,46?,47+,48-,49-,50-,51-,53+/m0/s1. The zero-order valence-electron chi connectivity index (χ0n) is 51.4. The maximum absolute atomic E-state index is 13.2. The Kier molecular flexibility index (Phi) is 27.6. The number of hydrogen-bond donors (Lipinski definition) is 24. The molecule has 0 bridgehead atoms. The summed E-state index contributed by atoms with van der Waals surface area (Å²) in [5.74, 6) is -8.72. The van der Waals surface area contributed by atoms with Gasteiger partial charge >= 0.3 is 5.97 Å². The van der Waals surface area contributed by atoms with Crippen molar-refractivity contribution in [2.24, 2.45) is 0 Å². The predicted molar refractivity (Wildman–Crippen MR) is 294 cm³/mol. The topological polar surface area (TPSA) is 658 Å². The first-order valence-electron chi connectivity index (χ1n) is 30.1. The maximum atomic E-state index is 13.2. The van der Waals surface area contributed by atoms with E-state index >= 15 is 0 Å². The van der Waals surface area contributed by atoms with Crippen molar-refractivity contribution in [3.63, 3.8) is 0 Å². The fraction of sp³-hybridized carbons (Fsp3) is 0.906. The number of carboxylic acid groups (broad SMARTS) is 1. The molecule has 42 heteroatoms. The van der Waals surface area contributed by atoms with Crippen molar-refractivity contribution in [3.05, 3.63) is 0 Å². The summed E-state index contributed by atoms with van der Waals surface area (Å²) in [5.41, 5.74) is 0. The lowest BCUT2D eigenvalue weighted by Gasteiger charge is -2.50. The molecule has 7 fully saturated rings. The molecule has 95 heavy (non-hydrogen) atoms. The van der Waals surface area contributed by atoms with Crippen LogP contribution in [0.2, 0.25) is 0 Å². The Bertz CT molecular complexity index is 2520. The Labute approximate surface area is 538 Å². The number of carbonyl (C=O) groups excluding carboxylic acids is 4. The Morgan fingerprint density at radius 1 is 0.453 bits per heavy atom. The first-order chi connectivity index (χ1) is 44.6. The van der Waals surface area contributed by atoms with Crippen LogP contribution in [-0.2, 0) is 85.6 Å². The number of aliphatic hydroxyl groups is 19. The molecule has 7 aliphatic heterocycles. The van der Waals surface area contributed by atoms with Gasteiger partial charge in [-0.3, -0.25) is 19.2 Å². The normalized spacial score (nSPS) is 46.4. The fourth-order valence-corrected chi connectivity index (χ4v) is 12.0. The van der Waals surface area contributed by atoms with Crippen molar-refractivity contribution in [2.75, 3.05) is 39.6 Å². The summed E-state index contributed by atoms with van der Waals surface area (Å²) in [6, 6.07) is -7.17. The van der Waals surface area contributed by atoms with Gasteiger partial charge in [0.15, 0.2) is 37.7 Å². The molecule has 7 aliphatic rings. The highest BCUT2D eigenvalue weighted by Gasteiger charge is 2.60. The van der Waals surface area contributed by atoms with Crippen LogP contribution in [0.3, 0.4) is 0 Å². The van der Waals surface area contributed by atoms with Crippen molar-refractivity contribution in [1.29, 1.82) is 0 Å². The summed E-state index contributed by atoms with van der Waals surface area (Å²) in [5, 5.41) is 228. The molecule has 0 spiro atoms. The maximum Gasteiger partial charge on any atom is 0.364 e. The van der Waals surface area contributed by atoms with Crippen molar-refractivity contribution >= 4 is 29.6 Å². The lowest BCUT2D eigenvalue weighted by atomic mass is 9.88. The second kappa shape index (κ2) is 33.5. The largest absolute Gasteiger partial charge is 0.477 e. The molecule has 548 valence electrons. The van der Waals surface area contributed by atoms with E-state index in [1.54, 1.807) is 0 Å². The number of nitrogens with one attached hydrogen (secondary N) is 4. The first-order valence-corrected chi connectivity index (χ1v) is 30.1. The highest BCUT2D eigenvalue weighted by Crippen LogP contribution is 2.39. The summed E-state index contributed by atoms with van der Waals surface area (Å²) in [6.45, 7) is -1.29. The monoisotopic (exact) mass is 1390 g/mol. The number of hydrogen-bond acceptors (Lipinski definition) is 37. The molecule has 7 heterocycles. The van der Waals surface area contributed by atoms with Gasteiger partial charge in [-0.05, 0) is 6.92 Å². The highest BCUT2D eigenvalue weighted by atomic mass is 16.8. The molecule has 0 aromatic carbocycles. The Balaban J connectivity index is 1.17. The number of aliphatic carboxylic acids is 1. The Morgan fingerprint density at radius 2 is 0.926 bits per heavy atom. The summed E-state index contributed by atoms with van der Waals surface area (Å²) >= 11 is 0. The van der Waals surface area contributed by atoms with Crippen molar-refractivity contribution in [2.45, 2.75) is 261 Å². The fourth-order valence-electron chi connectivity index (χ4n) is 12.0. The molecule has 7 rings (SSSR count). The SMILES string of the molecule is CC(=O)N[C@H]1[C@H](OC[C@H]2OC(O)[C@H](NC(C)=O)[C@@H](O[C@@H]3O[C@H](CO[C@]4(C(=O)O)C[C@H](O)[C@@H](NC(C)=O)[C@H]([C@H](O)[C@H](O)CO)O4)[C@H](O)[C@H](O[C@@H]4O[C@H](CO)[C@@H](O)[C@H](O)[C@H]4NC(C)=O)[C@H]3O)[C@H]2O)O[C@H](CO)[C@@H](O[C@@H]2O[C@H](CO)[C@H](O)[C@H](O)[C@H]2O[C@@H]2O[C@@H](C)[C@@H](O)[C@@H](O)[C@@H]2O)[C@@H]1O. The van der Waals surface area contributed by atoms with Gasteiger partial charge in [0.05, 0.1) is 57.9 Å². The minimum atomic E-state index is -3.14. The van der Waals surface area contributed by atoms with E-state index in [4.69, 9.17) is 61.6 Å². The molecule has 4 amide bonds. The third-order valence-corrected chi connectivity index (χ3v) is 17.1. The number of carbonyl (C=O) groups is 5. The van der Waals surface area contributed by atoms with Crippen LogP contribution in [0.15, 0.2) is 0 Å². The van der Waals surface area contributed by atoms with Crippen LogP contribution in [-0.4, -0.2) is 392 Å². The minimum absolute atomic E-state index is 0.844. The minimum Gasteiger partial charge on any atom is -0.477 e. The highest BCUT2D eigenvalue weighted by molar-refractivity contribution is 5.77. The van der Waals surface area contributed by atoms with Crippen LogP contribution in [0.1, 0.15) is 41.0 Å².